The summed E-state index contributed by atoms with van der Waals surface area (Å²) in [6, 6.07) is 0. The maximum Gasteiger partial charge on any atom is 0.330 e. The van der Waals surface area contributed by atoms with E-state index < -0.39 is 11.2 Å². The first-order chi connectivity index (χ1) is 5.16. The molecule has 0 unspecified atom stereocenters. The molecule has 0 bridgehead atoms. The van der Waals surface area contributed by atoms with E-state index in [0.717, 1.165) is 6.08 Å². The normalized spacial score (nSPS) is 8.82. The fourth-order valence-electron chi connectivity index (χ4n) is 0.443. The lowest BCUT2D eigenvalue weighted by molar-refractivity contribution is -0.138. The lowest BCUT2D eigenvalue weighted by Gasteiger charge is -1.97. The Morgan fingerprint density at radius 2 is 2.18 bits per heavy atom. The van der Waals surface area contributed by atoms with Gasteiger partial charge in [-0.1, -0.05) is 6.58 Å². The fraction of sp³-hybridized carbons (Fsp3) is 0.429. The molecule has 0 aliphatic rings. The molecule has 0 aromatic heterocycles. The third-order valence-corrected chi connectivity index (χ3v) is 1.12. The largest absolute Gasteiger partial charge is 0.463 e. The summed E-state index contributed by atoms with van der Waals surface area (Å²) in [4.78, 5) is 20.6. The van der Waals surface area contributed by atoms with E-state index in [4.69, 9.17) is 11.6 Å². The van der Waals surface area contributed by atoms with Gasteiger partial charge in [-0.05, 0) is 18.0 Å². The summed E-state index contributed by atoms with van der Waals surface area (Å²) in [6.07, 6.45) is 1.76. The first kappa shape index (κ1) is 10.2. The zero-order chi connectivity index (χ0) is 8.69. The van der Waals surface area contributed by atoms with Crippen LogP contribution in [0.25, 0.3) is 0 Å². The van der Waals surface area contributed by atoms with E-state index >= 15 is 0 Å². The predicted molar refractivity (Wildman–Crippen MR) is 41.3 cm³/mol. The van der Waals surface area contributed by atoms with Crippen molar-refractivity contribution < 1.29 is 14.3 Å². The molecular formula is C7H9ClO3. The van der Waals surface area contributed by atoms with E-state index in [-0.39, 0.29) is 13.0 Å². The van der Waals surface area contributed by atoms with Crippen LogP contribution in [0.15, 0.2) is 12.7 Å². The van der Waals surface area contributed by atoms with Gasteiger partial charge in [0.1, 0.15) is 0 Å². The minimum Gasteiger partial charge on any atom is -0.463 e. The Labute approximate surface area is 70.0 Å². The molecule has 4 heteroatoms. The van der Waals surface area contributed by atoms with Crippen molar-refractivity contribution >= 4 is 22.8 Å². The zero-order valence-corrected chi connectivity index (χ0v) is 6.76. The maximum absolute atomic E-state index is 10.4. The van der Waals surface area contributed by atoms with Gasteiger partial charge in [-0.15, -0.1) is 0 Å². The summed E-state index contributed by atoms with van der Waals surface area (Å²) in [5.74, 6) is -0.480. The molecule has 0 heterocycles. The van der Waals surface area contributed by atoms with Gasteiger partial charge in [-0.25, -0.2) is 4.79 Å². The number of carbonyl (C=O) groups excluding carboxylic acids is 2. The first-order valence-electron chi connectivity index (χ1n) is 3.14. The maximum atomic E-state index is 10.4. The van der Waals surface area contributed by atoms with Crippen molar-refractivity contribution in [1.29, 1.82) is 0 Å². The molecule has 0 aromatic carbocycles. The number of ether oxygens (including phenoxy) is 1. The monoisotopic (exact) mass is 176 g/mol. The van der Waals surface area contributed by atoms with Crippen molar-refractivity contribution in [3.63, 3.8) is 0 Å². The molecule has 62 valence electrons. The Morgan fingerprint density at radius 1 is 1.55 bits per heavy atom. The number of halogens is 1. The Bertz CT molecular complexity index is 165. The molecule has 3 nitrogen and oxygen atoms in total. The molecule has 0 aliphatic heterocycles. The number of esters is 1. The molecule has 0 spiro atoms. The van der Waals surface area contributed by atoms with Gasteiger partial charge in [0.05, 0.1) is 6.61 Å². The molecule has 0 rings (SSSR count). The second-order valence-corrected chi connectivity index (χ2v) is 2.25. The van der Waals surface area contributed by atoms with Gasteiger partial charge in [0.25, 0.3) is 0 Å². The molecule has 0 N–H and O–H groups in total. The fourth-order valence-corrected chi connectivity index (χ4v) is 0.576. The van der Waals surface area contributed by atoms with Crippen LogP contribution in [0, 0.1) is 0 Å². The molecular weight excluding hydrogens is 168 g/mol. The summed E-state index contributed by atoms with van der Waals surface area (Å²) in [5.41, 5.74) is 0. The Kier molecular flexibility index (Phi) is 5.47. The SMILES string of the molecule is C=CC(=O)OCCCC(=O)Cl. The summed E-state index contributed by atoms with van der Waals surface area (Å²) in [6.45, 7) is 3.42. The Morgan fingerprint density at radius 3 is 2.64 bits per heavy atom. The van der Waals surface area contributed by atoms with Crippen LogP contribution in [0.1, 0.15) is 12.8 Å². The third-order valence-electron chi connectivity index (χ3n) is 0.929. The van der Waals surface area contributed by atoms with Gasteiger partial charge < -0.3 is 4.74 Å². The second kappa shape index (κ2) is 5.92. The minimum atomic E-state index is -0.480. The average molecular weight is 177 g/mol. The van der Waals surface area contributed by atoms with Gasteiger partial charge in [0.15, 0.2) is 0 Å². The number of hydrogen-bond acceptors (Lipinski definition) is 3. The predicted octanol–water partition coefficient (Wildman–Crippen LogP) is 1.26. The Balaban J connectivity index is 3.21. The van der Waals surface area contributed by atoms with E-state index in [1.54, 1.807) is 0 Å². The van der Waals surface area contributed by atoms with Gasteiger partial charge in [0.2, 0.25) is 5.24 Å². The van der Waals surface area contributed by atoms with Crippen LogP contribution >= 0.6 is 11.6 Å². The smallest absolute Gasteiger partial charge is 0.330 e. The van der Waals surface area contributed by atoms with Gasteiger partial charge in [-0.2, -0.15) is 0 Å². The van der Waals surface area contributed by atoms with Crippen molar-refractivity contribution in [2.75, 3.05) is 6.61 Å². The van der Waals surface area contributed by atoms with Crippen LogP contribution in [0.4, 0.5) is 0 Å². The van der Waals surface area contributed by atoms with Gasteiger partial charge >= 0.3 is 5.97 Å². The first-order valence-corrected chi connectivity index (χ1v) is 3.52. The summed E-state index contributed by atoms with van der Waals surface area (Å²) in [7, 11) is 0. The molecule has 0 aliphatic carbocycles. The highest BCUT2D eigenvalue weighted by Crippen LogP contribution is 1.95. The molecule has 0 saturated carbocycles. The molecule has 11 heavy (non-hydrogen) atoms. The highest BCUT2D eigenvalue weighted by atomic mass is 35.5. The molecule has 0 aromatic rings. The van der Waals surface area contributed by atoms with Crippen LogP contribution in [0.5, 0.6) is 0 Å². The van der Waals surface area contributed by atoms with Gasteiger partial charge in [-0.3, -0.25) is 4.79 Å². The summed E-state index contributed by atoms with van der Waals surface area (Å²) in [5, 5.41) is -0.417. The average Bonchev–Trinajstić information content (AvgIpc) is 1.97. The molecule has 0 radical (unpaired) electrons. The van der Waals surface area contributed by atoms with E-state index in [0.29, 0.717) is 6.42 Å². The van der Waals surface area contributed by atoms with Crippen LogP contribution in [-0.2, 0) is 14.3 Å². The minimum absolute atomic E-state index is 0.212. The van der Waals surface area contributed by atoms with Gasteiger partial charge in [0, 0.05) is 12.5 Å². The molecule has 0 atom stereocenters. The standard InChI is InChI=1S/C7H9ClO3/c1-2-7(10)11-5-3-4-6(8)9/h2H,1,3-5H2. The van der Waals surface area contributed by atoms with E-state index in [9.17, 15) is 9.59 Å². The van der Waals surface area contributed by atoms with Crippen LogP contribution in [-0.4, -0.2) is 17.8 Å². The zero-order valence-electron chi connectivity index (χ0n) is 6.01. The second-order valence-electron chi connectivity index (χ2n) is 1.83. The van der Waals surface area contributed by atoms with Crippen LogP contribution in [0.3, 0.4) is 0 Å². The van der Waals surface area contributed by atoms with E-state index in [1.807, 2.05) is 0 Å². The van der Waals surface area contributed by atoms with Crippen molar-refractivity contribution in [3.8, 4) is 0 Å². The lowest BCUT2D eigenvalue weighted by Crippen LogP contribution is -2.02. The van der Waals surface area contributed by atoms with Crippen molar-refractivity contribution in [1.82, 2.24) is 0 Å². The van der Waals surface area contributed by atoms with Crippen LogP contribution < -0.4 is 0 Å². The summed E-state index contributed by atoms with van der Waals surface area (Å²) >= 11 is 5.03. The third kappa shape index (κ3) is 7.06. The lowest BCUT2D eigenvalue weighted by atomic mass is 10.3. The number of carbonyl (C=O) groups is 2. The Hall–Kier alpha value is -0.830. The highest BCUT2D eigenvalue weighted by Gasteiger charge is 1.97. The number of hydrogen-bond donors (Lipinski definition) is 0. The highest BCUT2D eigenvalue weighted by molar-refractivity contribution is 6.63. The quantitative estimate of drug-likeness (QED) is 0.274. The van der Waals surface area contributed by atoms with Crippen molar-refractivity contribution in [3.05, 3.63) is 12.7 Å². The molecule has 0 saturated heterocycles. The number of rotatable bonds is 5. The van der Waals surface area contributed by atoms with E-state index in [2.05, 4.69) is 11.3 Å². The van der Waals surface area contributed by atoms with Crippen molar-refractivity contribution in [2.24, 2.45) is 0 Å². The topological polar surface area (TPSA) is 43.4 Å². The van der Waals surface area contributed by atoms with E-state index in [1.165, 1.54) is 0 Å². The van der Waals surface area contributed by atoms with Crippen LogP contribution in [0.2, 0.25) is 0 Å². The molecule has 0 fully saturated rings. The summed E-state index contributed by atoms with van der Waals surface area (Å²) < 4.78 is 4.57. The molecule has 0 amide bonds. The van der Waals surface area contributed by atoms with Crippen molar-refractivity contribution in [2.45, 2.75) is 12.8 Å².